The van der Waals surface area contributed by atoms with E-state index in [2.05, 4.69) is 34.5 Å². The van der Waals surface area contributed by atoms with Crippen LogP contribution in [0.1, 0.15) is 24.0 Å². The molecule has 3 rings (SSSR count). The summed E-state index contributed by atoms with van der Waals surface area (Å²) < 4.78 is 5.34. The number of hydrogen-bond acceptors (Lipinski definition) is 3. The highest BCUT2D eigenvalue weighted by Gasteiger charge is 2.12. The summed E-state index contributed by atoms with van der Waals surface area (Å²) in [4.78, 5) is 14.5. The zero-order valence-corrected chi connectivity index (χ0v) is 14.8. The summed E-state index contributed by atoms with van der Waals surface area (Å²) in [6.07, 6.45) is 3.74. The number of nitrogens with one attached hydrogen (secondary N) is 1. The number of ether oxygens (including phenoxy) is 1. The van der Waals surface area contributed by atoms with Gasteiger partial charge in [-0.15, -0.1) is 0 Å². The van der Waals surface area contributed by atoms with Gasteiger partial charge in [0.05, 0.1) is 13.5 Å². The van der Waals surface area contributed by atoms with Crippen molar-refractivity contribution in [3.8, 4) is 5.75 Å². The molecular weight excluding hydrogens is 312 g/mol. The molecule has 0 spiro atoms. The molecule has 1 saturated heterocycles. The molecule has 0 aliphatic carbocycles. The number of carbonyl (C=O) groups excluding carboxylic acids is 1. The molecule has 4 heteroatoms. The third-order valence-corrected chi connectivity index (χ3v) is 4.68. The average Bonchev–Trinajstić information content (AvgIpc) is 3.17. The van der Waals surface area contributed by atoms with E-state index in [1.165, 1.54) is 18.5 Å². The predicted molar refractivity (Wildman–Crippen MR) is 101 cm³/mol. The Kier molecular flexibility index (Phi) is 5.94. The Morgan fingerprint density at radius 3 is 2.52 bits per heavy atom. The van der Waals surface area contributed by atoms with Crippen LogP contribution >= 0.6 is 0 Å². The molecule has 1 heterocycles. The first-order valence-electron chi connectivity index (χ1n) is 8.99. The van der Waals surface area contributed by atoms with Gasteiger partial charge >= 0.3 is 0 Å². The number of amides is 1. The summed E-state index contributed by atoms with van der Waals surface area (Å²) in [7, 11) is 1.67. The van der Waals surface area contributed by atoms with Crippen LogP contribution in [0, 0.1) is 0 Å². The van der Waals surface area contributed by atoms with Crippen molar-refractivity contribution in [3.63, 3.8) is 0 Å². The van der Waals surface area contributed by atoms with Crippen LogP contribution in [0.15, 0.2) is 48.5 Å². The average molecular weight is 338 g/mol. The van der Waals surface area contributed by atoms with Crippen molar-refractivity contribution in [2.75, 3.05) is 31.6 Å². The van der Waals surface area contributed by atoms with Gasteiger partial charge in [-0.1, -0.05) is 30.3 Å². The highest BCUT2D eigenvalue weighted by atomic mass is 16.5. The van der Waals surface area contributed by atoms with Crippen molar-refractivity contribution in [2.24, 2.45) is 0 Å². The summed E-state index contributed by atoms with van der Waals surface area (Å²) in [5.74, 6) is 0.929. The predicted octanol–water partition coefficient (Wildman–Crippen LogP) is 3.20. The fourth-order valence-electron chi connectivity index (χ4n) is 3.29. The molecule has 0 saturated carbocycles. The van der Waals surface area contributed by atoms with Crippen LogP contribution in [0.25, 0.3) is 0 Å². The van der Waals surface area contributed by atoms with Gasteiger partial charge in [-0.05, 0) is 48.6 Å². The fraction of sp³-hybridized carbons (Fsp3) is 0.381. The van der Waals surface area contributed by atoms with Crippen molar-refractivity contribution < 1.29 is 9.53 Å². The summed E-state index contributed by atoms with van der Waals surface area (Å²) in [6.45, 7) is 2.90. The molecule has 2 aromatic carbocycles. The van der Waals surface area contributed by atoms with Crippen molar-refractivity contribution in [3.05, 3.63) is 59.7 Å². The quantitative estimate of drug-likeness (QED) is 0.843. The third-order valence-electron chi connectivity index (χ3n) is 4.68. The van der Waals surface area contributed by atoms with E-state index < -0.39 is 0 Å². The molecular formula is C21H26N2O2. The molecule has 0 bridgehead atoms. The first kappa shape index (κ1) is 17.3. The lowest BCUT2D eigenvalue weighted by molar-refractivity contribution is -0.120. The van der Waals surface area contributed by atoms with Crippen LogP contribution in [-0.2, 0) is 17.6 Å². The normalized spacial score (nSPS) is 13.7. The van der Waals surface area contributed by atoms with Crippen LogP contribution in [0.2, 0.25) is 0 Å². The van der Waals surface area contributed by atoms with E-state index in [1.807, 2.05) is 24.3 Å². The lowest BCUT2D eigenvalue weighted by Crippen LogP contribution is -2.27. The number of rotatable bonds is 7. The number of para-hydroxylation sites is 1. The smallest absolute Gasteiger partial charge is 0.224 e. The molecule has 1 fully saturated rings. The molecule has 1 N–H and O–H groups in total. The van der Waals surface area contributed by atoms with Crippen molar-refractivity contribution >= 4 is 11.6 Å². The van der Waals surface area contributed by atoms with Gasteiger partial charge in [0.15, 0.2) is 0 Å². The maximum atomic E-state index is 12.1. The van der Waals surface area contributed by atoms with Gasteiger partial charge < -0.3 is 15.0 Å². The Bertz CT molecular complexity index is 691. The van der Waals surface area contributed by atoms with Gasteiger partial charge in [0.2, 0.25) is 5.91 Å². The van der Waals surface area contributed by atoms with Gasteiger partial charge in [-0.3, -0.25) is 4.79 Å². The minimum absolute atomic E-state index is 0.0591. The number of carbonyl (C=O) groups is 1. The summed E-state index contributed by atoms with van der Waals surface area (Å²) in [5, 5.41) is 3.00. The Labute approximate surface area is 149 Å². The Morgan fingerprint density at radius 2 is 1.80 bits per heavy atom. The van der Waals surface area contributed by atoms with E-state index in [-0.39, 0.29) is 5.91 Å². The molecule has 132 valence electrons. The highest BCUT2D eigenvalue weighted by molar-refractivity contribution is 5.78. The molecule has 0 aromatic heterocycles. The minimum atomic E-state index is 0.0591. The van der Waals surface area contributed by atoms with Crippen LogP contribution in [-0.4, -0.2) is 32.7 Å². The van der Waals surface area contributed by atoms with Crippen LogP contribution < -0.4 is 15.0 Å². The van der Waals surface area contributed by atoms with Gasteiger partial charge in [-0.25, -0.2) is 0 Å². The first-order valence-corrected chi connectivity index (χ1v) is 8.99. The van der Waals surface area contributed by atoms with Crippen LogP contribution in [0.5, 0.6) is 5.75 Å². The number of benzene rings is 2. The molecule has 0 unspecified atom stereocenters. The largest absolute Gasteiger partial charge is 0.496 e. The molecule has 0 atom stereocenters. The van der Waals surface area contributed by atoms with E-state index >= 15 is 0 Å². The fourth-order valence-corrected chi connectivity index (χ4v) is 3.29. The lowest BCUT2D eigenvalue weighted by atomic mass is 10.1. The lowest BCUT2D eigenvalue weighted by Gasteiger charge is -2.17. The second-order valence-corrected chi connectivity index (χ2v) is 6.45. The summed E-state index contributed by atoms with van der Waals surface area (Å²) in [5.41, 5.74) is 3.43. The first-order chi connectivity index (χ1) is 12.3. The standard InChI is InChI=1S/C21H26N2O2/c1-25-20-7-3-2-6-18(20)12-13-22-21(24)16-17-8-10-19(11-9-17)23-14-4-5-15-23/h2-3,6-11H,4-5,12-16H2,1H3,(H,22,24). The summed E-state index contributed by atoms with van der Waals surface area (Å²) >= 11 is 0. The van der Waals surface area contributed by atoms with Gasteiger partial charge in [0.25, 0.3) is 0 Å². The monoisotopic (exact) mass is 338 g/mol. The van der Waals surface area contributed by atoms with E-state index in [0.717, 1.165) is 36.4 Å². The molecule has 1 amide bonds. The van der Waals surface area contributed by atoms with Crippen molar-refractivity contribution in [1.82, 2.24) is 5.32 Å². The zero-order chi connectivity index (χ0) is 17.5. The Balaban J connectivity index is 1.46. The number of nitrogens with zero attached hydrogens (tertiary/aromatic N) is 1. The molecule has 1 aliphatic rings. The van der Waals surface area contributed by atoms with E-state index in [9.17, 15) is 4.79 Å². The Hall–Kier alpha value is -2.49. The second-order valence-electron chi connectivity index (χ2n) is 6.45. The van der Waals surface area contributed by atoms with E-state index in [0.29, 0.717) is 13.0 Å². The van der Waals surface area contributed by atoms with Gasteiger partial charge in [0.1, 0.15) is 5.75 Å². The van der Waals surface area contributed by atoms with Gasteiger partial charge in [-0.2, -0.15) is 0 Å². The number of anilines is 1. The molecule has 25 heavy (non-hydrogen) atoms. The topological polar surface area (TPSA) is 41.6 Å². The maximum absolute atomic E-state index is 12.1. The molecule has 0 radical (unpaired) electrons. The maximum Gasteiger partial charge on any atom is 0.224 e. The zero-order valence-electron chi connectivity index (χ0n) is 14.8. The molecule has 1 aliphatic heterocycles. The van der Waals surface area contributed by atoms with E-state index in [4.69, 9.17) is 4.74 Å². The van der Waals surface area contributed by atoms with Crippen molar-refractivity contribution in [2.45, 2.75) is 25.7 Å². The third kappa shape index (κ3) is 4.75. The summed E-state index contributed by atoms with van der Waals surface area (Å²) in [6, 6.07) is 16.3. The number of hydrogen-bond donors (Lipinski definition) is 1. The highest BCUT2D eigenvalue weighted by Crippen LogP contribution is 2.20. The van der Waals surface area contributed by atoms with E-state index in [1.54, 1.807) is 7.11 Å². The second kappa shape index (κ2) is 8.56. The number of methoxy groups -OCH3 is 1. The Morgan fingerprint density at radius 1 is 1.08 bits per heavy atom. The molecule has 4 nitrogen and oxygen atoms in total. The van der Waals surface area contributed by atoms with Crippen LogP contribution in [0.4, 0.5) is 5.69 Å². The van der Waals surface area contributed by atoms with Crippen molar-refractivity contribution in [1.29, 1.82) is 0 Å². The minimum Gasteiger partial charge on any atom is -0.496 e. The van der Waals surface area contributed by atoms with Crippen LogP contribution in [0.3, 0.4) is 0 Å². The van der Waals surface area contributed by atoms with Gasteiger partial charge in [0, 0.05) is 25.3 Å². The SMILES string of the molecule is COc1ccccc1CCNC(=O)Cc1ccc(N2CCCC2)cc1. The molecule has 2 aromatic rings.